The van der Waals surface area contributed by atoms with Crippen LogP contribution >= 0.6 is 0 Å². The fraction of sp³-hybridized carbons (Fsp3) is 0.300. The molecule has 3 rings (SSSR count). The van der Waals surface area contributed by atoms with Gasteiger partial charge in [0.15, 0.2) is 0 Å². The summed E-state index contributed by atoms with van der Waals surface area (Å²) in [5, 5.41) is 2.77. The van der Waals surface area contributed by atoms with E-state index in [1.54, 1.807) is 12.1 Å². The number of benzene rings is 1. The second kappa shape index (κ2) is 8.45. The molecule has 7 heteroatoms. The molecular weight excluding hydrogens is 362 g/mol. The standard InChI is InChI=1S/C20H23N3O3S/c1-2-20(24)22-14-16-10-12-23(13-11-16)27(25,26)18-8-9-19(21-15-18)17-6-4-3-5-7-17/h2-9,15-16H,1,10-14H2,(H,22,24). The normalized spacial score (nSPS) is 16.0. The van der Waals surface area contributed by atoms with E-state index in [1.165, 1.54) is 16.6 Å². The molecule has 1 fully saturated rings. The Labute approximate surface area is 160 Å². The van der Waals surface area contributed by atoms with E-state index in [4.69, 9.17) is 0 Å². The van der Waals surface area contributed by atoms with Gasteiger partial charge in [-0.1, -0.05) is 36.9 Å². The summed E-state index contributed by atoms with van der Waals surface area (Å²) in [5.74, 6) is 0.0774. The van der Waals surface area contributed by atoms with Crippen LogP contribution in [0.4, 0.5) is 0 Å². The lowest BCUT2D eigenvalue weighted by Gasteiger charge is -2.31. The Kier molecular flexibility index (Phi) is 6.03. The molecule has 0 bridgehead atoms. The van der Waals surface area contributed by atoms with Gasteiger partial charge < -0.3 is 5.32 Å². The minimum absolute atomic E-state index is 0.199. The lowest BCUT2D eigenvalue weighted by Crippen LogP contribution is -2.41. The molecule has 1 amide bonds. The molecule has 2 heterocycles. The molecule has 1 aromatic heterocycles. The van der Waals surface area contributed by atoms with Crippen molar-refractivity contribution < 1.29 is 13.2 Å². The number of hydrogen-bond donors (Lipinski definition) is 1. The molecule has 1 aliphatic heterocycles. The van der Waals surface area contributed by atoms with Crippen molar-refractivity contribution in [3.63, 3.8) is 0 Å². The fourth-order valence-electron chi connectivity index (χ4n) is 3.13. The third-order valence-electron chi connectivity index (χ3n) is 4.77. The Morgan fingerprint density at radius 1 is 1.19 bits per heavy atom. The van der Waals surface area contributed by atoms with Gasteiger partial charge in [-0.05, 0) is 37.0 Å². The zero-order chi connectivity index (χ0) is 19.3. The predicted octanol–water partition coefficient (Wildman–Crippen LogP) is 2.45. The van der Waals surface area contributed by atoms with Gasteiger partial charge in [0.2, 0.25) is 15.9 Å². The monoisotopic (exact) mass is 385 g/mol. The Balaban J connectivity index is 1.63. The van der Waals surface area contributed by atoms with Crippen LogP contribution in [0, 0.1) is 5.92 Å². The number of aromatic nitrogens is 1. The molecule has 0 saturated carbocycles. The summed E-state index contributed by atoms with van der Waals surface area (Å²) >= 11 is 0. The highest BCUT2D eigenvalue weighted by Gasteiger charge is 2.29. The minimum atomic E-state index is -3.55. The first-order valence-corrected chi connectivity index (χ1v) is 10.4. The van der Waals surface area contributed by atoms with Gasteiger partial charge in [0.1, 0.15) is 4.90 Å². The van der Waals surface area contributed by atoms with E-state index in [1.807, 2.05) is 30.3 Å². The van der Waals surface area contributed by atoms with Gasteiger partial charge in [-0.2, -0.15) is 4.31 Å². The maximum Gasteiger partial charge on any atom is 0.244 e. The van der Waals surface area contributed by atoms with Gasteiger partial charge >= 0.3 is 0 Å². The molecule has 0 spiro atoms. The van der Waals surface area contributed by atoms with Crippen molar-refractivity contribution in [3.05, 3.63) is 61.3 Å². The van der Waals surface area contributed by atoms with E-state index in [9.17, 15) is 13.2 Å². The van der Waals surface area contributed by atoms with Gasteiger partial charge in [0, 0.05) is 31.4 Å². The van der Waals surface area contributed by atoms with Gasteiger partial charge in [0.05, 0.1) is 5.69 Å². The molecule has 1 saturated heterocycles. The lowest BCUT2D eigenvalue weighted by atomic mass is 9.98. The third kappa shape index (κ3) is 4.61. The number of piperidine rings is 1. The van der Waals surface area contributed by atoms with Gasteiger partial charge in [-0.25, -0.2) is 8.42 Å². The molecule has 0 unspecified atom stereocenters. The lowest BCUT2D eigenvalue weighted by molar-refractivity contribution is -0.116. The number of pyridine rings is 1. The number of nitrogens with one attached hydrogen (secondary N) is 1. The van der Waals surface area contributed by atoms with E-state index in [0.717, 1.165) is 11.3 Å². The average molecular weight is 385 g/mol. The Hall–Kier alpha value is -2.51. The van der Waals surface area contributed by atoms with Crippen molar-refractivity contribution in [1.82, 2.24) is 14.6 Å². The molecule has 6 nitrogen and oxygen atoms in total. The van der Waals surface area contributed by atoms with Gasteiger partial charge in [-0.15, -0.1) is 0 Å². The highest BCUT2D eigenvalue weighted by molar-refractivity contribution is 7.89. The number of hydrogen-bond acceptors (Lipinski definition) is 4. The fourth-order valence-corrected chi connectivity index (χ4v) is 4.55. The van der Waals surface area contributed by atoms with Crippen molar-refractivity contribution in [2.45, 2.75) is 17.7 Å². The predicted molar refractivity (Wildman–Crippen MR) is 104 cm³/mol. The molecule has 142 valence electrons. The first kappa shape index (κ1) is 19.3. The first-order valence-electron chi connectivity index (χ1n) is 8.92. The minimum Gasteiger partial charge on any atom is -0.352 e. The van der Waals surface area contributed by atoms with Crippen LogP contribution in [0.3, 0.4) is 0 Å². The molecular formula is C20H23N3O3S. The quantitative estimate of drug-likeness (QED) is 0.775. The third-order valence-corrected chi connectivity index (χ3v) is 6.65. The van der Waals surface area contributed by atoms with Crippen molar-refractivity contribution in [2.24, 2.45) is 5.92 Å². The first-order chi connectivity index (χ1) is 13.0. The summed E-state index contributed by atoms with van der Waals surface area (Å²) < 4.78 is 27.2. The van der Waals surface area contributed by atoms with E-state index >= 15 is 0 Å². The van der Waals surface area contributed by atoms with Crippen LogP contribution in [-0.4, -0.2) is 43.2 Å². The zero-order valence-corrected chi connectivity index (χ0v) is 15.9. The number of sulfonamides is 1. The second-order valence-electron chi connectivity index (χ2n) is 6.54. The van der Waals surface area contributed by atoms with E-state index in [0.29, 0.717) is 32.5 Å². The Morgan fingerprint density at radius 2 is 1.89 bits per heavy atom. The van der Waals surface area contributed by atoms with Crippen LogP contribution in [0.25, 0.3) is 11.3 Å². The van der Waals surface area contributed by atoms with Crippen molar-refractivity contribution in [2.75, 3.05) is 19.6 Å². The number of nitrogens with zero attached hydrogens (tertiary/aromatic N) is 2. The highest BCUT2D eigenvalue weighted by atomic mass is 32.2. The smallest absolute Gasteiger partial charge is 0.244 e. The molecule has 0 atom stereocenters. The highest BCUT2D eigenvalue weighted by Crippen LogP contribution is 2.24. The van der Waals surface area contributed by atoms with Crippen molar-refractivity contribution in [1.29, 1.82) is 0 Å². The summed E-state index contributed by atoms with van der Waals surface area (Å²) in [4.78, 5) is 15.8. The summed E-state index contributed by atoms with van der Waals surface area (Å²) in [5.41, 5.74) is 1.69. The van der Waals surface area contributed by atoms with Crippen LogP contribution in [0.2, 0.25) is 0 Å². The van der Waals surface area contributed by atoms with Gasteiger partial charge in [-0.3, -0.25) is 9.78 Å². The molecule has 0 radical (unpaired) electrons. The van der Waals surface area contributed by atoms with Crippen LogP contribution in [0.1, 0.15) is 12.8 Å². The second-order valence-corrected chi connectivity index (χ2v) is 8.48. The van der Waals surface area contributed by atoms with E-state index < -0.39 is 10.0 Å². The molecule has 27 heavy (non-hydrogen) atoms. The van der Waals surface area contributed by atoms with Crippen LogP contribution in [-0.2, 0) is 14.8 Å². The molecule has 1 N–H and O–H groups in total. The van der Waals surface area contributed by atoms with E-state index in [2.05, 4.69) is 16.9 Å². The SMILES string of the molecule is C=CC(=O)NCC1CCN(S(=O)(=O)c2ccc(-c3ccccc3)nc2)CC1. The summed E-state index contributed by atoms with van der Waals surface area (Å²) in [6, 6.07) is 13.0. The van der Waals surface area contributed by atoms with Crippen molar-refractivity contribution >= 4 is 15.9 Å². The average Bonchev–Trinajstić information content (AvgIpc) is 2.73. The molecule has 1 aliphatic rings. The summed E-state index contributed by atoms with van der Waals surface area (Å²) in [6.07, 6.45) is 4.10. The van der Waals surface area contributed by atoms with Gasteiger partial charge in [0.25, 0.3) is 0 Å². The van der Waals surface area contributed by atoms with Crippen LogP contribution < -0.4 is 5.32 Å². The Morgan fingerprint density at radius 3 is 2.48 bits per heavy atom. The van der Waals surface area contributed by atoms with Crippen LogP contribution in [0.15, 0.2) is 66.2 Å². The zero-order valence-electron chi connectivity index (χ0n) is 15.0. The molecule has 2 aromatic rings. The number of carbonyl (C=O) groups is 1. The Bertz CT molecular complexity index is 888. The number of amides is 1. The maximum absolute atomic E-state index is 12.9. The summed E-state index contributed by atoms with van der Waals surface area (Å²) in [7, 11) is -3.55. The topological polar surface area (TPSA) is 79.4 Å². The summed E-state index contributed by atoms with van der Waals surface area (Å²) in [6.45, 7) is 4.85. The van der Waals surface area contributed by atoms with E-state index in [-0.39, 0.29) is 16.7 Å². The number of carbonyl (C=O) groups excluding carboxylic acids is 1. The largest absolute Gasteiger partial charge is 0.352 e. The molecule has 0 aliphatic carbocycles. The maximum atomic E-state index is 12.9. The number of rotatable bonds is 6. The van der Waals surface area contributed by atoms with Crippen molar-refractivity contribution in [3.8, 4) is 11.3 Å². The molecule has 1 aromatic carbocycles. The van der Waals surface area contributed by atoms with Crippen LogP contribution in [0.5, 0.6) is 0 Å².